The molecule has 0 radical (unpaired) electrons. The van der Waals surface area contributed by atoms with E-state index in [9.17, 15) is 14.7 Å². The van der Waals surface area contributed by atoms with Gasteiger partial charge in [-0.3, -0.25) is 9.59 Å². The lowest BCUT2D eigenvalue weighted by atomic mass is 10.0. The van der Waals surface area contributed by atoms with Gasteiger partial charge in [-0.15, -0.1) is 0 Å². The summed E-state index contributed by atoms with van der Waals surface area (Å²) in [6.45, 7) is 4.07. The van der Waals surface area contributed by atoms with E-state index in [4.69, 9.17) is 9.47 Å². The molecule has 0 saturated carbocycles. The zero-order valence-electron chi connectivity index (χ0n) is 54.8. The molecule has 0 rings (SSSR count). The highest BCUT2D eigenvalue weighted by Crippen LogP contribution is 2.18. The van der Waals surface area contributed by atoms with Gasteiger partial charge in [-0.2, -0.15) is 0 Å². The summed E-state index contributed by atoms with van der Waals surface area (Å²) in [5.41, 5.74) is 0. The smallest absolute Gasteiger partial charge is 0.306 e. The van der Waals surface area contributed by atoms with Crippen molar-refractivity contribution in [2.75, 3.05) is 13.2 Å². The van der Waals surface area contributed by atoms with Crippen molar-refractivity contribution in [1.29, 1.82) is 0 Å². The van der Waals surface area contributed by atoms with Crippen LogP contribution in [-0.2, 0) is 19.1 Å². The van der Waals surface area contributed by atoms with Crippen molar-refractivity contribution in [3.05, 3.63) is 85.1 Å². The van der Waals surface area contributed by atoms with Gasteiger partial charge in [0.1, 0.15) is 6.61 Å². The van der Waals surface area contributed by atoms with Crippen LogP contribution in [0.3, 0.4) is 0 Å². The normalized spacial score (nSPS) is 12.7. The Morgan fingerprint density at radius 3 is 0.805 bits per heavy atom. The first-order chi connectivity index (χ1) is 40.6. The first kappa shape index (κ1) is 79.1. The second kappa shape index (κ2) is 72.3. The number of aliphatic hydroxyl groups excluding tert-OH is 1. The summed E-state index contributed by atoms with van der Waals surface area (Å²) in [5, 5.41) is 9.71. The third-order valence-electron chi connectivity index (χ3n) is 16.2. The van der Waals surface area contributed by atoms with E-state index < -0.39 is 6.10 Å². The molecule has 0 saturated heterocycles. The number of unbranched alkanes of at least 4 members (excludes halogenated alkanes) is 45. The van der Waals surface area contributed by atoms with Gasteiger partial charge in [-0.05, 0) is 89.9 Å². The van der Waals surface area contributed by atoms with Crippen LogP contribution in [0.2, 0.25) is 0 Å². The molecular formula is C77H138O5. The summed E-state index contributed by atoms with van der Waals surface area (Å²) < 4.78 is 10.8. The Bertz CT molecular complexity index is 1480. The van der Waals surface area contributed by atoms with Crippen LogP contribution in [0.15, 0.2) is 85.1 Å². The van der Waals surface area contributed by atoms with E-state index in [1.807, 2.05) is 0 Å². The van der Waals surface area contributed by atoms with Crippen LogP contribution < -0.4 is 0 Å². The summed E-state index contributed by atoms with van der Waals surface area (Å²) in [5.74, 6) is -0.572. The molecule has 0 bridgehead atoms. The summed E-state index contributed by atoms with van der Waals surface area (Å²) in [4.78, 5) is 24.7. The second-order valence-corrected chi connectivity index (χ2v) is 24.3. The highest BCUT2D eigenvalue weighted by Gasteiger charge is 2.16. The molecule has 0 aliphatic carbocycles. The van der Waals surface area contributed by atoms with Gasteiger partial charge in [-0.25, -0.2) is 0 Å². The fraction of sp³-hybridized carbons (Fsp3) is 0.792. The van der Waals surface area contributed by atoms with Crippen LogP contribution in [0.4, 0.5) is 0 Å². The van der Waals surface area contributed by atoms with Crippen molar-refractivity contribution in [2.24, 2.45) is 0 Å². The highest BCUT2D eigenvalue weighted by atomic mass is 16.6. The van der Waals surface area contributed by atoms with Gasteiger partial charge >= 0.3 is 11.9 Å². The molecule has 5 heteroatoms. The minimum absolute atomic E-state index is 0.0626. The zero-order chi connectivity index (χ0) is 59.1. The lowest BCUT2D eigenvalue weighted by Crippen LogP contribution is -2.28. The van der Waals surface area contributed by atoms with Crippen LogP contribution in [-0.4, -0.2) is 36.4 Å². The Morgan fingerprint density at radius 2 is 0.524 bits per heavy atom. The molecule has 476 valence electrons. The number of rotatable bonds is 67. The fourth-order valence-electron chi connectivity index (χ4n) is 10.8. The monoisotopic (exact) mass is 1140 g/mol. The molecule has 0 fully saturated rings. The number of hydrogen-bond acceptors (Lipinski definition) is 5. The number of hydrogen-bond donors (Lipinski definition) is 1. The van der Waals surface area contributed by atoms with Gasteiger partial charge in [0.25, 0.3) is 0 Å². The third kappa shape index (κ3) is 69.6. The van der Waals surface area contributed by atoms with Crippen molar-refractivity contribution in [1.82, 2.24) is 0 Å². The molecule has 0 aromatic rings. The number of aliphatic hydroxyl groups is 1. The van der Waals surface area contributed by atoms with E-state index in [1.165, 1.54) is 270 Å². The molecule has 0 spiro atoms. The Kier molecular flexibility index (Phi) is 69.8. The molecule has 0 aromatic heterocycles. The largest absolute Gasteiger partial charge is 0.462 e. The Morgan fingerprint density at radius 1 is 0.293 bits per heavy atom. The topological polar surface area (TPSA) is 72.8 Å². The maximum Gasteiger partial charge on any atom is 0.306 e. The predicted octanol–water partition coefficient (Wildman–Crippen LogP) is 25.2. The summed E-state index contributed by atoms with van der Waals surface area (Å²) in [6, 6.07) is 0. The highest BCUT2D eigenvalue weighted by molar-refractivity contribution is 5.70. The molecule has 5 nitrogen and oxygen atoms in total. The van der Waals surface area contributed by atoms with Crippen LogP contribution in [0.1, 0.15) is 373 Å². The molecule has 1 N–H and O–H groups in total. The van der Waals surface area contributed by atoms with Crippen molar-refractivity contribution in [3.63, 3.8) is 0 Å². The standard InChI is InChI=1S/C77H138O5/c1-3-5-7-9-11-13-15-17-19-21-23-25-27-29-31-33-35-36-37-38-39-40-42-44-46-48-50-52-54-56-58-60-62-64-66-68-70-72-77(80)82-75(73-78)74-81-76(79)71-69-67-65-63-61-59-57-55-53-51-49-47-45-43-41-34-32-30-28-26-24-22-20-18-16-14-12-10-8-6-4-2/h5,7,11,13,17,19,22-25,29,31,35-36,75,78H,3-4,6,8-10,12,14-16,18,20-21,26-28,30,32-34,37-74H2,1-2H3/b7-5-,13-11-,19-17-,24-22-,25-23-,31-29-,36-35-. The van der Waals surface area contributed by atoms with E-state index in [-0.39, 0.29) is 25.2 Å². The van der Waals surface area contributed by atoms with Crippen molar-refractivity contribution < 1.29 is 24.2 Å². The predicted molar refractivity (Wildman–Crippen MR) is 362 cm³/mol. The van der Waals surface area contributed by atoms with Crippen LogP contribution >= 0.6 is 0 Å². The van der Waals surface area contributed by atoms with E-state index >= 15 is 0 Å². The second-order valence-electron chi connectivity index (χ2n) is 24.3. The van der Waals surface area contributed by atoms with E-state index in [1.54, 1.807) is 0 Å². The number of esters is 2. The maximum absolute atomic E-state index is 12.4. The van der Waals surface area contributed by atoms with E-state index in [2.05, 4.69) is 98.9 Å². The molecule has 0 amide bonds. The van der Waals surface area contributed by atoms with Crippen molar-refractivity contribution in [3.8, 4) is 0 Å². The van der Waals surface area contributed by atoms with E-state index in [0.717, 1.165) is 77.0 Å². The molecule has 1 unspecified atom stereocenters. The summed E-state index contributed by atoms with van der Waals surface area (Å²) in [7, 11) is 0. The first-order valence-electron chi connectivity index (χ1n) is 36.1. The van der Waals surface area contributed by atoms with Crippen molar-refractivity contribution >= 4 is 11.9 Å². The molecule has 0 aliphatic heterocycles. The molecule has 0 aliphatic rings. The average molecular weight is 1140 g/mol. The third-order valence-corrected chi connectivity index (χ3v) is 16.2. The summed E-state index contributed by atoms with van der Waals surface area (Å²) >= 11 is 0. The fourth-order valence-corrected chi connectivity index (χ4v) is 10.8. The molecule has 82 heavy (non-hydrogen) atoms. The number of carbonyl (C=O) groups excluding carboxylic acids is 2. The molecule has 0 aromatic carbocycles. The van der Waals surface area contributed by atoms with Gasteiger partial charge in [0.05, 0.1) is 6.61 Å². The molecular weight excluding hydrogens is 1000 g/mol. The lowest BCUT2D eigenvalue weighted by molar-refractivity contribution is -0.161. The Hall–Kier alpha value is -2.92. The van der Waals surface area contributed by atoms with Gasteiger partial charge in [0.2, 0.25) is 0 Å². The number of allylic oxidation sites excluding steroid dienone is 14. The van der Waals surface area contributed by atoms with Crippen LogP contribution in [0.25, 0.3) is 0 Å². The Balaban J connectivity index is 3.42. The zero-order valence-corrected chi connectivity index (χ0v) is 54.8. The van der Waals surface area contributed by atoms with Crippen molar-refractivity contribution in [2.45, 2.75) is 380 Å². The van der Waals surface area contributed by atoms with Gasteiger partial charge in [0, 0.05) is 12.8 Å². The van der Waals surface area contributed by atoms with Crippen LogP contribution in [0, 0.1) is 0 Å². The van der Waals surface area contributed by atoms with Crippen LogP contribution in [0.5, 0.6) is 0 Å². The molecule has 1 atom stereocenters. The summed E-state index contributed by atoms with van der Waals surface area (Å²) in [6.07, 6.45) is 102. The van der Waals surface area contributed by atoms with E-state index in [0.29, 0.717) is 12.8 Å². The number of carbonyl (C=O) groups is 2. The van der Waals surface area contributed by atoms with Gasteiger partial charge in [0.15, 0.2) is 6.10 Å². The van der Waals surface area contributed by atoms with Gasteiger partial charge in [-0.1, -0.05) is 356 Å². The first-order valence-corrected chi connectivity index (χ1v) is 36.1. The molecule has 0 heterocycles. The average Bonchev–Trinajstić information content (AvgIpc) is 3.49. The maximum atomic E-state index is 12.4. The minimum atomic E-state index is -0.774. The number of ether oxygens (including phenoxy) is 2. The van der Waals surface area contributed by atoms with Gasteiger partial charge < -0.3 is 14.6 Å². The quantitative estimate of drug-likeness (QED) is 0.0373. The minimum Gasteiger partial charge on any atom is -0.462 e. The lowest BCUT2D eigenvalue weighted by Gasteiger charge is -2.15. The SMILES string of the molecule is CC/C=C\C/C=C\C/C=C\C/C=C\C/C=C\C/C=C\CCCCCCCCCCCCCCCCCCCCC(=O)OC(CO)COC(=O)CCCCCCCCCCCCCCCCCCCCC/C=C\CCCCCCCCCC. The Labute approximate surface area is 511 Å².